The maximum Gasteiger partial charge on any atom is 0.513 e. The summed E-state index contributed by atoms with van der Waals surface area (Å²) in [5, 5.41) is 2.96. The molecule has 2 heterocycles. The summed E-state index contributed by atoms with van der Waals surface area (Å²) < 4.78 is 9.74. The molecule has 0 bridgehead atoms. The lowest BCUT2D eigenvalue weighted by Gasteiger charge is -2.32. The fourth-order valence-electron chi connectivity index (χ4n) is 4.14. The Hall–Kier alpha value is -4.01. The van der Waals surface area contributed by atoms with E-state index in [1.54, 1.807) is 31.2 Å². The zero-order valence-electron chi connectivity index (χ0n) is 20.7. The number of rotatable bonds is 6. The molecule has 2 amide bonds. The highest BCUT2D eigenvalue weighted by molar-refractivity contribution is 5.97. The predicted octanol–water partition coefficient (Wildman–Crippen LogP) is 4.06. The van der Waals surface area contributed by atoms with Gasteiger partial charge in [0.05, 0.1) is 29.0 Å². The third kappa shape index (κ3) is 5.97. The molecule has 1 fully saturated rings. The molecule has 0 saturated carbocycles. The maximum absolute atomic E-state index is 13.1. The molecule has 9 nitrogen and oxygen atoms in total. The van der Waals surface area contributed by atoms with Gasteiger partial charge in [-0.1, -0.05) is 0 Å². The van der Waals surface area contributed by atoms with Gasteiger partial charge in [-0.2, -0.15) is 0 Å². The van der Waals surface area contributed by atoms with Gasteiger partial charge in [-0.05, 0) is 82.0 Å². The Labute approximate surface area is 209 Å². The first-order valence-corrected chi connectivity index (χ1v) is 12.1. The standard InChI is InChI=1S/C27H30N4O5/c1-4-35-27(34)36-22-8-5-20(6-9-22)25(32)28-16-19-11-13-31(14-12-19)26(33)21-7-10-23-24(15-21)30-18(3)17(2)29-23/h5-10,15,19H,4,11-14,16H2,1-3H3,(H,28,32). The monoisotopic (exact) mass is 490 g/mol. The van der Waals surface area contributed by atoms with Crippen LogP contribution in [0.3, 0.4) is 0 Å². The van der Waals surface area contributed by atoms with Crippen LogP contribution < -0.4 is 10.1 Å². The Bertz CT molecular complexity index is 1270. The van der Waals surface area contributed by atoms with Crippen LogP contribution in [0.1, 0.15) is 51.9 Å². The third-order valence-corrected chi connectivity index (χ3v) is 6.36. The summed E-state index contributed by atoms with van der Waals surface area (Å²) in [6.07, 6.45) is 0.840. The second kappa shape index (κ2) is 11.2. The molecule has 36 heavy (non-hydrogen) atoms. The van der Waals surface area contributed by atoms with Crippen molar-refractivity contribution in [2.45, 2.75) is 33.6 Å². The van der Waals surface area contributed by atoms with Crippen molar-refractivity contribution in [3.05, 3.63) is 65.0 Å². The number of piperidine rings is 1. The van der Waals surface area contributed by atoms with Crippen LogP contribution in [0, 0.1) is 19.8 Å². The van der Waals surface area contributed by atoms with Gasteiger partial charge in [0, 0.05) is 30.8 Å². The summed E-state index contributed by atoms with van der Waals surface area (Å²) in [6.45, 7) is 7.56. The van der Waals surface area contributed by atoms with Gasteiger partial charge in [0.1, 0.15) is 5.75 Å². The normalized spacial score (nSPS) is 13.9. The highest BCUT2D eigenvalue weighted by Crippen LogP contribution is 2.21. The Morgan fingerprint density at radius 2 is 1.58 bits per heavy atom. The smallest absolute Gasteiger partial charge is 0.434 e. The van der Waals surface area contributed by atoms with Crippen LogP contribution in [0.4, 0.5) is 4.79 Å². The number of amides is 2. The molecule has 1 N–H and O–H groups in total. The van der Waals surface area contributed by atoms with Crippen LogP contribution >= 0.6 is 0 Å². The molecule has 1 aliphatic heterocycles. The van der Waals surface area contributed by atoms with Crippen molar-refractivity contribution in [3.8, 4) is 5.75 Å². The highest BCUT2D eigenvalue weighted by Gasteiger charge is 2.24. The molecule has 0 atom stereocenters. The van der Waals surface area contributed by atoms with Crippen molar-refractivity contribution in [1.82, 2.24) is 20.2 Å². The molecule has 0 radical (unpaired) electrons. The molecule has 1 aromatic heterocycles. The van der Waals surface area contributed by atoms with E-state index in [-0.39, 0.29) is 24.3 Å². The first-order chi connectivity index (χ1) is 17.3. The van der Waals surface area contributed by atoms with Crippen LogP contribution in [-0.2, 0) is 4.74 Å². The summed E-state index contributed by atoms with van der Waals surface area (Å²) in [7, 11) is 0. The quantitative estimate of drug-likeness (QED) is 0.410. The van der Waals surface area contributed by atoms with Gasteiger partial charge in [-0.15, -0.1) is 0 Å². The van der Waals surface area contributed by atoms with Gasteiger partial charge >= 0.3 is 6.16 Å². The third-order valence-electron chi connectivity index (χ3n) is 6.36. The molecular formula is C27H30N4O5. The van der Waals surface area contributed by atoms with Crippen molar-refractivity contribution in [2.24, 2.45) is 5.92 Å². The summed E-state index contributed by atoms with van der Waals surface area (Å²) in [5.74, 6) is 0.395. The minimum Gasteiger partial charge on any atom is -0.434 e. The fraction of sp³-hybridized carbons (Fsp3) is 0.370. The SMILES string of the molecule is CCOC(=O)Oc1ccc(C(=O)NCC2CCN(C(=O)c3ccc4nc(C)c(C)nc4c3)CC2)cc1. The van der Waals surface area contributed by atoms with Crippen LogP contribution in [0.5, 0.6) is 5.75 Å². The predicted molar refractivity (Wildman–Crippen MR) is 134 cm³/mol. The van der Waals surface area contributed by atoms with Gasteiger partial charge in [0.2, 0.25) is 0 Å². The molecule has 1 saturated heterocycles. The van der Waals surface area contributed by atoms with Gasteiger partial charge in [0.25, 0.3) is 11.8 Å². The first-order valence-electron chi connectivity index (χ1n) is 12.1. The lowest BCUT2D eigenvalue weighted by molar-refractivity contribution is 0.0684. The van der Waals surface area contributed by atoms with Crippen molar-refractivity contribution >= 4 is 29.0 Å². The largest absolute Gasteiger partial charge is 0.513 e. The molecule has 188 valence electrons. The van der Waals surface area contributed by atoms with E-state index in [2.05, 4.69) is 15.3 Å². The van der Waals surface area contributed by atoms with Crippen LogP contribution in [0.25, 0.3) is 11.0 Å². The fourth-order valence-corrected chi connectivity index (χ4v) is 4.14. The second-order valence-electron chi connectivity index (χ2n) is 8.85. The van der Waals surface area contributed by atoms with E-state index in [1.165, 1.54) is 0 Å². The van der Waals surface area contributed by atoms with Crippen LogP contribution in [0.2, 0.25) is 0 Å². The summed E-state index contributed by atoms with van der Waals surface area (Å²) >= 11 is 0. The Balaban J connectivity index is 1.26. The van der Waals surface area contributed by atoms with Gasteiger partial charge in [-0.3, -0.25) is 9.59 Å². The van der Waals surface area contributed by atoms with Crippen molar-refractivity contribution < 1.29 is 23.9 Å². The zero-order valence-corrected chi connectivity index (χ0v) is 20.7. The number of nitrogens with one attached hydrogen (secondary N) is 1. The molecule has 9 heteroatoms. The lowest BCUT2D eigenvalue weighted by Crippen LogP contribution is -2.41. The minimum atomic E-state index is -0.779. The van der Waals surface area contributed by atoms with E-state index >= 15 is 0 Å². The van der Waals surface area contributed by atoms with Gasteiger partial charge < -0.3 is 19.7 Å². The van der Waals surface area contributed by atoms with E-state index in [1.807, 2.05) is 36.9 Å². The van der Waals surface area contributed by atoms with Crippen molar-refractivity contribution in [3.63, 3.8) is 0 Å². The number of hydrogen-bond acceptors (Lipinski definition) is 7. The molecule has 1 aliphatic rings. The first kappa shape index (κ1) is 25.1. The Morgan fingerprint density at radius 1 is 0.944 bits per heavy atom. The van der Waals surface area contributed by atoms with E-state index in [9.17, 15) is 14.4 Å². The molecule has 0 spiro atoms. The number of fused-ring (bicyclic) bond motifs is 1. The molecule has 0 aliphatic carbocycles. The van der Waals surface area contributed by atoms with E-state index in [4.69, 9.17) is 9.47 Å². The number of carbonyl (C=O) groups is 3. The van der Waals surface area contributed by atoms with Crippen molar-refractivity contribution in [2.75, 3.05) is 26.2 Å². The lowest BCUT2D eigenvalue weighted by atomic mass is 9.96. The zero-order chi connectivity index (χ0) is 25.7. The van der Waals surface area contributed by atoms with Gasteiger partial charge in [-0.25, -0.2) is 14.8 Å². The molecule has 3 aromatic rings. The number of aryl methyl sites for hydroxylation is 2. The van der Waals surface area contributed by atoms with Crippen molar-refractivity contribution in [1.29, 1.82) is 0 Å². The molecule has 2 aromatic carbocycles. The molecule has 4 rings (SSSR count). The highest BCUT2D eigenvalue weighted by atomic mass is 16.7. The number of benzene rings is 2. The topological polar surface area (TPSA) is 111 Å². The molecule has 0 unspecified atom stereocenters. The Morgan fingerprint density at radius 3 is 2.25 bits per heavy atom. The summed E-state index contributed by atoms with van der Waals surface area (Å²) in [4.78, 5) is 47.9. The number of carbonyl (C=O) groups excluding carboxylic acids is 3. The van der Waals surface area contributed by atoms with Crippen LogP contribution in [0.15, 0.2) is 42.5 Å². The molecular weight excluding hydrogens is 460 g/mol. The number of aromatic nitrogens is 2. The van der Waals surface area contributed by atoms with E-state index in [0.717, 1.165) is 35.3 Å². The average molecular weight is 491 g/mol. The number of likely N-dealkylation sites (tertiary alicyclic amines) is 1. The van der Waals surface area contributed by atoms with E-state index in [0.29, 0.717) is 36.5 Å². The second-order valence-corrected chi connectivity index (χ2v) is 8.85. The summed E-state index contributed by atoms with van der Waals surface area (Å²) in [5.41, 5.74) is 4.34. The number of hydrogen-bond donors (Lipinski definition) is 1. The average Bonchev–Trinajstić information content (AvgIpc) is 2.88. The minimum absolute atomic E-state index is 0.00968. The maximum atomic E-state index is 13.1. The Kier molecular flexibility index (Phi) is 7.77. The number of ether oxygens (including phenoxy) is 2. The number of nitrogens with zero attached hydrogens (tertiary/aromatic N) is 3. The van der Waals surface area contributed by atoms with Crippen LogP contribution in [-0.4, -0.2) is 59.1 Å². The summed E-state index contributed by atoms with van der Waals surface area (Å²) in [6, 6.07) is 11.8. The van der Waals surface area contributed by atoms with E-state index < -0.39 is 6.16 Å². The van der Waals surface area contributed by atoms with Gasteiger partial charge in [0.15, 0.2) is 0 Å².